The summed E-state index contributed by atoms with van der Waals surface area (Å²) in [6.45, 7) is 6.50. The molecule has 0 spiro atoms. The van der Waals surface area contributed by atoms with Gasteiger partial charge in [-0.15, -0.1) is 0 Å². The normalized spacial score (nSPS) is 17.2. The van der Waals surface area contributed by atoms with Crippen LogP contribution in [0.15, 0.2) is 24.3 Å². The summed E-state index contributed by atoms with van der Waals surface area (Å²) in [5.41, 5.74) is 2.24. The average molecular weight is 232 g/mol. The Morgan fingerprint density at radius 2 is 2.12 bits per heavy atom. The minimum atomic E-state index is 0.132. The van der Waals surface area contributed by atoms with Crippen molar-refractivity contribution in [3.63, 3.8) is 0 Å². The molecule has 0 N–H and O–H groups in total. The number of carbonyl (C=O) groups excluding carboxylic acids is 1. The highest BCUT2D eigenvalue weighted by Gasteiger charge is 2.44. The summed E-state index contributed by atoms with van der Waals surface area (Å²) in [5.74, 6) is 0.132. The van der Waals surface area contributed by atoms with Crippen LogP contribution in [0.5, 0.6) is 0 Å². The van der Waals surface area contributed by atoms with E-state index in [4.69, 9.17) is 4.74 Å². The summed E-state index contributed by atoms with van der Waals surface area (Å²) in [6.07, 6.45) is 2.60. The summed E-state index contributed by atoms with van der Waals surface area (Å²) >= 11 is 0. The minimum absolute atomic E-state index is 0.132. The Kier molecular flexibility index (Phi) is 3.34. The monoisotopic (exact) mass is 232 g/mol. The van der Waals surface area contributed by atoms with E-state index in [-0.39, 0.29) is 17.3 Å². The maximum absolute atomic E-state index is 11.4. The first-order chi connectivity index (χ1) is 8.03. The maximum Gasteiger partial charge on any atom is 0.159 e. The van der Waals surface area contributed by atoms with E-state index in [0.717, 1.165) is 12.2 Å². The van der Waals surface area contributed by atoms with Gasteiger partial charge >= 0.3 is 0 Å². The van der Waals surface area contributed by atoms with Crippen LogP contribution >= 0.6 is 0 Å². The number of rotatable bonds is 5. The van der Waals surface area contributed by atoms with Crippen molar-refractivity contribution in [2.24, 2.45) is 0 Å². The van der Waals surface area contributed by atoms with Crippen LogP contribution in [0.25, 0.3) is 0 Å². The molecule has 1 aromatic carbocycles. The van der Waals surface area contributed by atoms with E-state index < -0.39 is 0 Å². The lowest BCUT2D eigenvalue weighted by molar-refractivity contribution is 0.0619. The summed E-state index contributed by atoms with van der Waals surface area (Å²) in [4.78, 5) is 11.4. The smallest absolute Gasteiger partial charge is 0.159 e. The van der Waals surface area contributed by atoms with Crippen LogP contribution < -0.4 is 0 Å². The second-order valence-electron chi connectivity index (χ2n) is 5.28. The van der Waals surface area contributed by atoms with Crippen molar-refractivity contribution in [3.05, 3.63) is 35.4 Å². The Labute approximate surface area is 103 Å². The van der Waals surface area contributed by atoms with E-state index >= 15 is 0 Å². The van der Waals surface area contributed by atoms with Crippen LogP contribution in [-0.2, 0) is 10.2 Å². The van der Waals surface area contributed by atoms with E-state index in [9.17, 15) is 4.79 Å². The van der Waals surface area contributed by atoms with Gasteiger partial charge in [0.05, 0.1) is 12.7 Å². The number of benzene rings is 1. The van der Waals surface area contributed by atoms with Crippen molar-refractivity contribution in [1.29, 1.82) is 0 Å². The van der Waals surface area contributed by atoms with Crippen molar-refractivity contribution in [2.45, 2.75) is 45.1 Å². The molecule has 0 unspecified atom stereocenters. The highest BCUT2D eigenvalue weighted by molar-refractivity contribution is 5.94. The lowest BCUT2D eigenvalue weighted by Crippen LogP contribution is -2.18. The lowest BCUT2D eigenvalue weighted by atomic mass is 9.94. The quantitative estimate of drug-likeness (QED) is 0.728. The predicted octanol–water partition coefficient (Wildman–Crippen LogP) is 3.35. The predicted molar refractivity (Wildman–Crippen MR) is 68.4 cm³/mol. The molecule has 0 bridgehead atoms. The number of Topliss-reactive ketones (excluding diaryl/α,β-unsaturated/α-hetero) is 1. The lowest BCUT2D eigenvalue weighted by Gasteiger charge is -2.18. The molecule has 2 heteroatoms. The van der Waals surface area contributed by atoms with Gasteiger partial charge in [0.2, 0.25) is 0 Å². The van der Waals surface area contributed by atoms with Gasteiger partial charge in [0, 0.05) is 11.0 Å². The van der Waals surface area contributed by atoms with Gasteiger partial charge < -0.3 is 4.74 Å². The molecule has 0 saturated heterocycles. The first-order valence-electron chi connectivity index (χ1n) is 6.27. The van der Waals surface area contributed by atoms with Gasteiger partial charge in [-0.1, -0.05) is 18.2 Å². The number of hydrogen-bond donors (Lipinski definition) is 0. The SMILES string of the molecule is CC(=O)c1cccc(C2(COC(C)C)CC2)c1. The molecule has 1 aliphatic rings. The van der Waals surface area contributed by atoms with Crippen molar-refractivity contribution in [1.82, 2.24) is 0 Å². The molecule has 1 fully saturated rings. The van der Waals surface area contributed by atoms with Crippen LogP contribution in [-0.4, -0.2) is 18.5 Å². The fraction of sp³-hybridized carbons (Fsp3) is 0.533. The van der Waals surface area contributed by atoms with Gasteiger partial charge in [-0.2, -0.15) is 0 Å². The zero-order chi connectivity index (χ0) is 12.5. The standard InChI is InChI=1S/C15H20O2/c1-11(2)17-10-15(7-8-15)14-6-4-5-13(9-14)12(3)16/h4-6,9,11H,7-8,10H2,1-3H3. The Balaban J connectivity index is 2.16. The second-order valence-corrected chi connectivity index (χ2v) is 5.28. The molecule has 0 aliphatic heterocycles. The van der Waals surface area contributed by atoms with Gasteiger partial charge in [0.1, 0.15) is 0 Å². The molecule has 2 rings (SSSR count). The fourth-order valence-corrected chi connectivity index (χ4v) is 2.06. The van der Waals surface area contributed by atoms with E-state index in [1.54, 1.807) is 6.92 Å². The first-order valence-corrected chi connectivity index (χ1v) is 6.27. The van der Waals surface area contributed by atoms with Crippen LogP contribution in [0.4, 0.5) is 0 Å². The summed E-state index contributed by atoms with van der Waals surface area (Å²) in [6, 6.07) is 7.99. The molecule has 2 nitrogen and oxygen atoms in total. The van der Waals surface area contributed by atoms with Crippen molar-refractivity contribution >= 4 is 5.78 Å². The highest BCUT2D eigenvalue weighted by atomic mass is 16.5. The number of ether oxygens (including phenoxy) is 1. The van der Waals surface area contributed by atoms with Crippen LogP contribution in [0, 0.1) is 0 Å². The van der Waals surface area contributed by atoms with E-state index in [0.29, 0.717) is 0 Å². The van der Waals surface area contributed by atoms with Gasteiger partial charge in [0.15, 0.2) is 5.78 Å². The Hall–Kier alpha value is -1.15. The second kappa shape index (κ2) is 4.61. The molecule has 1 aliphatic carbocycles. The van der Waals surface area contributed by atoms with Crippen LogP contribution in [0.2, 0.25) is 0 Å². The zero-order valence-electron chi connectivity index (χ0n) is 10.8. The number of hydrogen-bond acceptors (Lipinski definition) is 2. The van der Waals surface area contributed by atoms with Gasteiger partial charge in [-0.3, -0.25) is 4.79 Å². The summed E-state index contributed by atoms with van der Waals surface area (Å²) in [5, 5.41) is 0. The van der Waals surface area contributed by atoms with Gasteiger partial charge in [0.25, 0.3) is 0 Å². The minimum Gasteiger partial charge on any atom is -0.378 e. The third-order valence-electron chi connectivity index (χ3n) is 3.43. The maximum atomic E-state index is 11.4. The molecule has 0 amide bonds. The molecule has 0 radical (unpaired) electrons. The Bertz CT molecular complexity index is 417. The third-order valence-corrected chi connectivity index (χ3v) is 3.43. The topological polar surface area (TPSA) is 26.3 Å². The summed E-state index contributed by atoms with van der Waals surface area (Å²) < 4.78 is 5.74. The summed E-state index contributed by atoms with van der Waals surface area (Å²) in [7, 11) is 0. The molecule has 92 valence electrons. The molecule has 0 atom stereocenters. The van der Waals surface area contributed by atoms with Crippen molar-refractivity contribution in [3.8, 4) is 0 Å². The van der Waals surface area contributed by atoms with Crippen LogP contribution in [0.1, 0.15) is 49.5 Å². The van der Waals surface area contributed by atoms with Gasteiger partial charge in [-0.05, 0) is 45.2 Å². The fourth-order valence-electron chi connectivity index (χ4n) is 2.06. The average Bonchev–Trinajstić information content (AvgIpc) is 3.08. The van der Waals surface area contributed by atoms with Gasteiger partial charge in [-0.25, -0.2) is 0 Å². The molecule has 17 heavy (non-hydrogen) atoms. The number of carbonyl (C=O) groups is 1. The molecule has 0 aromatic heterocycles. The Morgan fingerprint density at radius 3 is 2.65 bits per heavy atom. The van der Waals surface area contributed by atoms with Crippen molar-refractivity contribution in [2.75, 3.05) is 6.61 Å². The van der Waals surface area contributed by atoms with Crippen molar-refractivity contribution < 1.29 is 9.53 Å². The molecule has 1 aromatic rings. The zero-order valence-corrected chi connectivity index (χ0v) is 10.8. The highest BCUT2D eigenvalue weighted by Crippen LogP contribution is 2.48. The van der Waals surface area contributed by atoms with Crippen LogP contribution in [0.3, 0.4) is 0 Å². The molecule has 0 heterocycles. The van der Waals surface area contributed by atoms with E-state index in [2.05, 4.69) is 19.9 Å². The van der Waals surface area contributed by atoms with E-state index in [1.165, 1.54) is 18.4 Å². The largest absolute Gasteiger partial charge is 0.378 e. The first kappa shape index (κ1) is 12.3. The molecular weight excluding hydrogens is 212 g/mol. The molecular formula is C15H20O2. The third kappa shape index (κ3) is 2.75. The van der Waals surface area contributed by atoms with E-state index in [1.807, 2.05) is 18.2 Å². The number of ketones is 1. The molecule has 1 saturated carbocycles. The Morgan fingerprint density at radius 1 is 1.41 bits per heavy atom.